The first-order valence-electron chi connectivity index (χ1n) is 7.18. The van der Waals surface area contributed by atoms with Gasteiger partial charge in [-0.25, -0.2) is 0 Å². The fraction of sp³-hybridized carbons (Fsp3) is 0.333. The van der Waals surface area contributed by atoms with Gasteiger partial charge in [0.15, 0.2) is 0 Å². The molecule has 21 heavy (non-hydrogen) atoms. The standard InChI is InChI=1S/C18H23NO2/c1-14(17-10-6-7-11-18(17)21-3)19-12-15-8-4-5-9-16(15)13-20-2/h4-11,14,19H,12-13H2,1-3H3. The van der Waals surface area contributed by atoms with Gasteiger partial charge in [0.25, 0.3) is 0 Å². The minimum Gasteiger partial charge on any atom is -0.496 e. The largest absolute Gasteiger partial charge is 0.496 e. The summed E-state index contributed by atoms with van der Waals surface area (Å²) in [5.74, 6) is 0.919. The Morgan fingerprint density at radius 3 is 2.33 bits per heavy atom. The molecule has 0 bridgehead atoms. The molecule has 3 heteroatoms. The van der Waals surface area contributed by atoms with Crippen molar-refractivity contribution in [2.45, 2.75) is 26.1 Å². The Morgan fingerprint density at radius 1 is 0.952 bits per heavy atom. The highest BCUT2D eigenvalue weighted by Crippen LogP contribution is 2.24. The summed E-state index contributed by atoms with van der Waals surface area (Å²) in [6.07, 6.45) is 0. The summed E-state index contributed by atoms with van der Waals surface area (Å²) in [7, 11) is 3.43. The molecule has 1 atom stereocenters. The molecule has 1 N–H and O–H groups in total. The fourth-order valence-corrected chi connectivity index (χ4v) is 2.42. The fourth-order valence-electron chi connectivity index (χ4n) is 2.42. The topological polar surface area (TPSA) is 30.5 Å². The molecule has 0 fully saturated rings. The van der Waals surface area contributed by atoms with E-state index in [2.05, 4.69) is 36.5 Å². The van der Waals surface area contributed by atoms with E-state index in [1.165, 1.54) is 16.7 Å². The molecule has 0 spiro atoms. The van der Waals surface area contributed by atoms with E-state index in [-0.39, 0.29) is 6.04 Å². The van der Waals surface area contributed by atoms with Gasteiger partial charge in [0.2, 0.25) is 0 Å². The van der Waals surface area contributed by atoms with Gasteiger partial charge in [-0.3, -0.25) is 0 Å². The lowest BCUT2D eigenvalue weighted by molar-refractivity contribution is 0.184. The lowest BCUT2D eigenvalue weighted by atomic mass is 10.1. The van der Waals surface area contributed by atoms with E-state index in [1.807, 2.05) is 24.3 Å². The zero-order chi connectivity index (χ0) is 15.1. The number of methoxy groups -OCH3 is 2. The van der Waals surface area contributed by atoms with Crippen LogP contribution in [0.3, 0.4) is 0 Å². The maximum Gasteiger partial charge on any atom is 0.123 e. The van der Waals surface area contributed by atoms with Crippen LogP contribution in [-0.2, 0) is 17.9 Å². The number of hydrogen-bond donors (Lipinski definition) is 1. The van der Waals surface area contributed by atoms with Crippen molar-refractivity contribution in [3.63, 3.8) is 0 Å². The molecule has 0 aromatic heterocycles. The molecule has 0 aliphatic carbocycles. The van der Waals surface area contributed by atoms with Gasteiger partial charge >= 0.3 is 0 Å². The molecule has 0 aliphatic heterocycles. The third kappa shape index (κ3) is 4.06. The van der Waals surface area contributed by atoms with Gasteiger partial charge in [0, 0.05) is 25.3 Å². The maximum atomic E-state index is 5.42. The molecule has 0 saturated carbocycles. The molecular weight excluding hydrogens is 262 g/mol. The number of hydrogen-bond acceptors (Lipinski definition) is 3. The van der Waals surface area contributed by atoms with Crippen LogP contribution >= 0.6 is 0 Å². The molecule has 0 aliphatic rings. The first-order chi connectivity index (χ1) is 10.3. The molecule has 2 rings (SSSR count). The van der Waals surface area contributed by atoms with E-state index in [0.29, 0.717) is 6.61 Å². The number of nitrogens with one attached hydrogen (secondary N) is 1. The molecule has 1 unspecified atom stereocenters. The van der Waals surface area contributed by atoms with Gasteiger partial charge in [0.05, 0.1) is 13.7 Å². The SMILES string of the molecule is COCc1ccccc1CNC(C)c1ccccc1OC. The lowest BCUT2D eigenvalue weighted by Crippen LogP contribution is -2.19. The zero-order valence-corrected chi connectivity index (χ0v) is 12.9. The monoisotopic (exact) mass is 285 g/mol. The van der Waals surface area contributed by atoms with Crippen molar-refractivity contribution in [3.8, 4) is 5.75 Å². The van der Waals surface area contributed by atoms with Crippen molar-refractivity contribution in [2.75, 3.05) is 14.2 Å². The third-order valence-corrected chi connectivity index (χ3v) is 3.62. The molecule has 0 amide bonds. The van der Waals surface area contributed by atoms with E-state index >= 15 is 0 Å². The quantitative estimate of drug-likeness (QED) is 0.841. The summed E-state index contributed by atoms with van der Waals surface area (Å²) >= 11 is 0. The average Bonchev–Trinajstić information content (AvgIpc) is 2.54. The number of rotatable bonds is 7. The van der Waals surface area contributed by atoms with E-state index in [0.717, 1.165) is 12.3 Å². The van der Waals surface area contributed by atoms with Gasteiger partial charge in [-0.15, -0.1) is 0 Å². The predicted octanol–water partition coefficient (Wildman–Crippen LogP) is 3.69. The van der Waals surface area contributed by atoms with Crippen LogP contribution < -0.4 is 10.1 Å². The second-order valence-corrected chi connectivity index (χ2v) is 5.05. The normalized spacial score (nSPS) is 12.1. The first-order valence-corrected chi connectivity index (χ1v) is 7.18. The Labute approximate surface area is 126 Å². The van der Waals surface area contributed by atoms with Gasteiger partial charge < -0.3 is 14.8 Å². The summed E-state index contributed by atoms with van der Waals surface area (Å²) in [6, 6.07) is 16.7. The van der Waals surface area contributed by atoms with Gasteiger partial charge in [-0.2, -0.15) is 0 Å². The molecule has 2 aromatic rings. The highest BCUT2D eigenvalue weighted by atomic mass is 16.5. The minimum atomic E-state index is 0.219. The van der Waals surface area contributed by atoms with Crippen molar-refractivity contribution in [3.05, 3.63) is 65.2 Å². The zero-order valence-electron chi connectivity index (χ0n) is 12.9. The summed E-state index contributed by atoms with van der Waals surface area (Å²) in [4.78, 5) is 0. The number of ether oxygens (including phenoxy) is 2. The van der Waals surface area contributed by atoms with Gasteiger partial charge in [0.1, 0.15) is 5.75 Å². The smallest absolute Gasteiger partial charge is 0.123 e. The van der Waals surface area contributed by atoms with Gasteiger partial charge in [-0.1, -0.05) is 42.5 Å². The van der Waals surface area contributed by atoms with Gasteiger partial charge in [-0.05, 0) is 24.1 Å². The van der Waals surface area contributed by atoms with Crippen molar-refractivity contribution < 1.29 is 9.47 Å². The van der Waals surface area contributed by atoms with Crippen LogP contribution in [0.1, 0.15) is 29.7 Å². The molecule has 0 saturated heterocycles. The van der Waals surface area contributed by atoms with E-state index in [4.69, 9.17) is 9.47 Å². The minimum absolute atomic E-state index is 0.219. The van der Waals surface area contributed by atoms with E-state index in [9.17, 15) is 0 Å². The van der Waals surface area contributed by atoms with Crippen molar-refractivity contribution >= 4 is 0 Å². The second-order valence-electron chi connectivity index (χ2n) is 5.05. The molecule has 0 heterocycles. The van der Waals surface area contributed by atoms with Crippen LogP contribution in [0, 0.1) is 0 Å². The highest BCUT2D eigenvalue weighted by molar-refractivity contribution is 5.35. The third-order valence-electron chi connectivity index (χ3n) is 3.62. The second kappa shape index (κ2) is 7.81. The van der Waals surface area contributed by atoms with Crippen molar-refractivity contribution in [1.29, 1.82) is 0 Å². The average molecular weight is 285 g/mol. The van der Waals surface area contributed by atoms with Crippen LogP contribution in [0.2, 0.25) is 0 Å². The van der Waals surface area contributed by atoms with E-state index < -0.39 is 0 Å². The summed E-state index contributed by atoms with van der Waals surface area (Å²) in [6.45, 7) is 3.59. The molecular formula is C18H23NO2. The summed E-state index contributed by atoms with van der Waals surface area (Å²) in [5.41, 5.74) is 3.66. The van der Waals surface area contributed by atoms with Crippen LogP contribution in [0.4, 0.5) is 0 Å². The molecule has 2 aromatic carbocycles. The Hall–Kier alpha value is -1.84. The molecule has 112 valence electrons. The van der Waals surface area contributed by atoms with Crippen LogP contribution in [0.5, 0.6) is 5.75 Å². The van der Waals surface area contributed by atoms with Crippen LogP contribution in [-0.4, -0.2) is 14.2 Å². The predicted molar refractivity (Wildman–Crippen MR) is 85.4 cm³/mol. The Bertz CT molecular complexity index is 569. The van der Waals surface area contributed by atoms with Crippen molar-refractivity contribution in [1.82, 2.24) is 5.32 Å². The maximum absolute atomic E-state index is 5.42. The Morgan fingerprint density at radius 2 is 1.62 bits per heavy atom. The van der Waals surface area contributed by atoms with Crippen LogP contribution in [0.25, 0.3) is 0 Å². The summed E-state index contributed by atoms with van der Waals surface area (Å²) < 4.78 is 10.7. The van der Waals surface area contributed by atoms with Crippen molar-refractivity contribution in [2.24, 2.45) is 0 Å². The molecule has 0 radical (unpaired) electrons. The summed E-state index contributed by atoms with van der Waals surface area (Å²) in [5, 5.41) is 3.55. The Kier molecular flexibility index (Phi) is 5.78. The number of benzene rings is 2. The first kappa shape index (κ1) is 15.5. The van der Waals surface area contributed by atoms with E-state index in [1.54, 1.807) is 14.2 Å². The number of para-hydroxylation sites is 1. The highest BCUT2D eigenvalue weighted by Gasteiger charge is 2.11. The molecule has 3 nitrogen and oxygen atoms in total. The van der Waals surface area contributed by atoms with Crippen LogP contribution in [0.15, 0.2) is 48.5 Å². The Balaban J connectivity index is 2.06. The lowest BCUT2D eigenvalue weighted by Gasteiger charge is -2.18.